The van der Waals surface area contributed by atoms with Crippen LogP contribution in [0.5, 0.6) is 0 Å². The van der Waals surface area contributed by atoms with Gasteiger partial charge in [0.05, 0.1) is 6.33 Å². The third-order valence-corrected chi connectivity index (χ3v) is 2.48. The van der Waals surface area contributed by atoms with E-state index >= 15 is 0 Å². The van der Waals surface area contributed by atoms with Gasteiger partial charge in [-0.3, -0.25) is 0 Å². The van der Waals surface area contributed by atoms with Gasteiger partial charge >= 0.3 is 5.97 Å². The van der Waals surface area contributed by atoms with Crippen LogP contribution in [0.2, 0.25) is 0 Å². The molecule has 2 aromatic rings. The summed E-state index contributed by atoms with van der Waals surface area (Å²) in [5, 5.41) is 8.93. The highest BCUT2D eigenvalue weighted by Crippen LogP contribution is 2.19. The van der Waals surface area contributed by atoms with Crippen molar-refractivity contribution < 1.29 is 9.90 Å². The molecule has 16 heavy (non-hydrogen) atoms. The molecule has 0 bridgehead atoms. The summed E-state index contributed by atoms with van der Waals surface area (Å²) in [6.07, 6.45) is 2.87. The third kappa shape index (κ3) is 1.56. The number of nitrogens with zero attached hydrogens (tertiary/aromatic N) is 4. The second-order valence-corrected chi connectivity index (χ2v) is 3.42. The molecule has 0 radical (unpaired) electrons. The van der Waals surface area contributed by atoms with Gasteiger partial charge in [0.1, 0.15) is 17.9 Å². The van der Waals surface area contributed by atoms with Gasteiger partial charge in [-0.05, 0) is 6.92 Å². The number of carboxylic acid groups (broad SMARTS) is 1. The number of hydrogen-bond acceptors (Lipinski definition) is 5. The normalized spacial score (nSPS) is 12.6. The highest BCUT2D eigenvalue weighted by atomic mass is 16.4. The van der Waals surface area contributed by atoms with Gasteiger partial charge in [-0.15, -0.1) is 0 Å². The van der Waals surface area contributed by atoms with Gasteiger partial charge < -0.3 is 15.0 Å². The number of carboxylic acids is 1. The predicted octanol–water partition coefficient (Wildman–Crippen LogP) is 0.262. The summed E-state index contributed by atoms with van der Waals surface area (Å²) in [6, 6.07) is -0.665. The Labute approximate surface area is 91.2 Å². The second-order valence-electron chi connectivity index (χ2n) is 3.42. The van der Waals surface area contributed by atoms with Crippen molar-refractivity contribution in [3.8, 4) is 0 Å². The van der Waals surface area contributed by atoms with Gasteiger partial charge in [0.25, 0.3) is 0 Å². The number of imidazole rings is 1. The first kappa shape index (κ1) is 10.3. The number of carbonyl (C=O) groups is 1. The van der Waals surface area contributed by atoms with Crippen molar-refractivity contribution in [2.45, 2.75) is 13.0 Å². The molecular weight excluding hydrogens is 210 g/mol. The number of aromatic nitrogens is 4. The summed E-state index contributed by atoms with van der Waals surface area (Å²) in [6.45, 7) is 1.59. The van der Waals surface area contributed by atoms with E-state index in [4.69, 9.17) is 5.11 Å². The molecule has 0 fully saturated rings. The van der Waals surface area contributed by atoms with Gasteiger partial charge in [-0.2, -0.15) is 0 Å². The van der Waals surface area contributed by atoms with Crippen LogP contribution >= 0.6 is 0 Å². The molecule has 2 rings (SSSR count). The molecule has 7 heteroatoms. The average molecular weight is 221 g/mol. The van der Waals surface area contributed by atoms with Crippen molar-refractivity contribution in [3.63, 3.8) is 0 Å². The van der Waals surface area contributed by atoms with E-state index in [-0.39, 0.29) is 0 Å². The Kier molecular flexibility index (Phi) is 2.43. The van der Waals surface area contributed by atoms with Crippen LogP contribution < -0.4 is 4.90 Å². The SMILES string of the molecule is CC(C(=O)O)N(C)c1ncnc2nc[nH]c12. The summed E-state index contributed by atoms with van der Waals surface area (Å²) >= 11 is 0. The molecule has 7 nitrogen and oxygen atoms in total. The number of likely N-dealkylation sites (N-methyl/N-ethyl adjacent to an activating group) is 1. The largest absolute Gasteiger partial charge is 0.480 e. The quantitative estimate of drug-likeness (QED) is 0.772. The number of hydrogen-bond donors (Lipinski definition) is 2. The fourth-order valence-electron chi connectivity index (χ4n) is 1.37. The third-order valence-electron chi connectivity index (χ3n) is 2.48. The molecule has 1 atom stereocenters. The molecule has 0 saturated heterocycles. The van der Waals surface area contributed by atoms with E-state index in [9.17, 15) is 4.79 Å². The first-order valence-electron chi connectivity index (χ1n) is 4.71. The molecule has 2 heterocycles. The minimum atomic E-state index is -0.909. The molecule has 0 saturated carbocycles. The Hall–Kier alpha value is -2.18. The van der Waals surface area contributed by atoms with Crippen molar-refractivity contribution in [3.05, 3.63) is 12.7 Å². The summed E-state index contributed by atoms with van der Waals surface area (Å²) in [7, 11) is 1.67. The van der Waals surface area contributed by atoms with Crippen molar-refractivity contribution in [1.29, 1.82) is 0 Å². The minimum Gasteiger partial charge on any atom is -0.480 e. The van der Waals surface area contributed by atoms with Gasteiger partial charge in [0, 0.05) is 7.05 Å². The highest BCUT2D eigenvalue weighted by molar-refractivity contribution is 5.86. The predicted molar refractivity (Wildman–Crippen MR) is 57.2 cm³/mol. The van der Waals surface area contributed by atoms with Gasteiger partial charge in [0.2, 0.25) is 0 Å². The lowest BCUT2D eigenvalue weighted by atomic mass is 10.3. The van der Waals surface area contributed by atoms with Crippen LogP contribution in [0.3, 0.4) is 0 Å². The Bertz CT molecular complexity index is 523. The number of H-pyrrole nitrogens is 1. The summed E-state index contributed by atoms with van der Waals surface area (Å²) in [4.78, 5) is 27.3. The number of rotatable bonds is 3. The fourth-order valence-corrected chi connectivity index (χ4v) is 1.37. The molecular formula is C9H11N5O2. The van der Waals surface area contributed by atoms with E-state index in [2.05, 4.69) is 19.9 Å². The van der Waals surface area contributed by atoms with Crippen molar-refractivity contribution in [2.24, 2.45) is 0 Å². The summed E-state index contributed by atoms with van der Waals surface area (Å²) in [5.41, 5.74) is 1.16. The van der Waals surface area contributed by atoms with Crippen LogP contribution in [-0.2, 0) is 4.79 Å². The lowest BCUT2D eigenvalue weighted by Crippen LogP contribution is -2.36. The molecule has 0 aliphatic carbocycles. The van der Waals surface area contributed by atoms with Crippen molar-refractivity contribution in [2.75, 3.05) is 11.9 Å². The number of fused-ring (bicyclic) bond motifs is 1. The van der Waals surface area contributed by atoms with Crippen LogP contribution in [0.25, 0.3) is 11.2 Å². The zero-order valence-electron chi connectivity index (χ0n) is 8.88. The van der Waals surface area contributed by atoms with Gasteiger partial charge in [0.15, 0.2) is 11.5 Å². The first-order chi connectivity index (χ1) is 7.61. The van der Waals surface area contributed by atoms with E-state index in [0.717, 1.165) is 0 Å². The Balaban J connectivity index is 2.46. The molecule has 2 N–H and O–H groups in total. The maximum atomic E-state index is 10.9. The van der Waals surface area contributed by atoms with Gasteiger partial charge in [-0.25, -0.2) is 19.7 Å². The lowest BCUT2D eigenvalue weighted by molar-refractivity contribution is -0.138. The number of nitrogens with one attached hydrogen (secondary N) is 1. The minimum absolute atomic E-state index is 0.523. The fraction of sp³-hybridized carbons (Fsp3) is 0.333. The van der Waals surface area contributed by atoms with Crippen LogP contribution in [0, 0.1) is 0 Å². The molecule has 0 amide bonds. The topological polar surface area (TPSA) is 95.0 Å². The summed E-state index contributed by atoms with van der Waals surface area (Å²) < 4.78 is 0. The maximum absolute atomic E-state index is 10.9. The van der Waals surface area contributed by atoms with E-state index in [1.165, 1.54) is 12.7 Å². The Morgan fingerprint density at radius 2 is 2.25 bits per heavy atom. The molecule has 84 valence electrons. The van der Waals surface area contributed by atoms with Crippen molar-refractivity contribution >= 4 is 23.0 Å². The highest BCUT2D eigenvalue weighted by Gasteiger charge is 2.20. The van der Waals surface area contributed by atoms with Crippen molar-refractivity contribution in [1.82, 2.24) is 19.9 Å². The van der Waals surface area contributed by atoms with Crippen LogP contribution in [-0.4, -0.2) is 44.1 Å². The smallest absolute Gasteiger partial charge is 0.326 e. The van der Waals surface area contributed by atoms with Gasteiger partial charge in [-0.1, -0.05) is 0 Å². The molecule has 1 unspecified atom stereocenters. The van der Waals surface area contributed by atoms with E-state index < -0.39 is 12.0 Å². The van der Waals surface area contributed by atoms with Crippen LogP contribution in [0.4, 0.5) is 5.82 Å². The maximum Gasteiger partial charge on any atom is 0.326 e. The molecule has 0 spiro atoms. The monoisotopic (exact) mass is 221 g/mol. The molecule has 0 aliphatic rings. The standard InChI is InChI=1S/C9H11N5O2/c1-5(9(15)16)14(2)8-6-7(11-3-10-6)12-4-13-8/h3-5H,1-2H3,(H,15,16)(H,10,11,12,13). The Morgan fingerprint density at radius 3 is 2.94 bits per heavy atom. The van der Waals surface area contributed by atoms with E-state index in [0.29, 0.717) is 17.0 Å². The zero-order chi connectivity index (χ0) is 11.7. The number of anilines is 1. The zero-order valence-corrected chi connectivity index (χ0v) is 8.88. The number of aliphatic carboxylic acids is 1. The molecule has 0 aromatic carbocycles. The Morgan fingerprint density at radius 1 is 1.50 bits per heavy atom. The van der Waals surface area contributed by atoms with Crippen LogP contribution in [0.15, 0.2) is 12.7 Å². The summed E-state index contributed by atoms with van der Waals surface area (Å²) in [5.74, 6) is -0.383. The molecule has 0 aliphatic heterocycles. The number of aromatic amines is 1. The van der Waals surface area contributed by atoms with E-state index in [1.54, 1.807) is 18.9 Å². The lowest BCUT2D eigenvalue weighted by Gasteiger charge is -2.22. The first-order valence-corrected chi connectivity index (χ1v) is 4.71. The molecule has 2 aromatic heterocycles. The van der Waals surface area contributed by atoms with E-state index in [1.807, 2.05) is 0 Å². The second kappa shape index (κ2) is 3.76. The average Bonchev–Trinajstić information content (AvgIpc) is 2.74. The van der Waals surface area contributed by atoms with Crippen LogP contribution in [0.1, 0.15) is 6.92 Å².